The van der Waals surface area contributed by atoms with Gasteiger partial charge < -0.3 is 5.73 Å². The van der Waals surface area contributed by atoms with Crippen LogP contribution in [0.25, 0.3) is 11.1 Å². The van der Waals surface area contributed by atoms with Crippen LogP contribution in [0.3, 0.4) is 0 Å². The van der Waals surface area contributed by atoms with Crippen molar-refractivity contribution < 1.29 is 8.42 Å². The van der Waals surface area contributed by atoms with Crippen LogP contribution in [-0.2, 0) is 17.1 Å². The van der Waals surface area contributed by atoms with Gasteiger partial charge in [-0.15, -0.1) is 0 Å². The molecule has 22 heavy (non-hydrogen) atoms. The lowest BCUT2D eigenvalue weighted by Gasteiger charge is -2.29. The minimum atomic E-state index is -3.42. The third-order valence-electron chi connectivity index (χ3n) is 4.03. The Bertz CT molecular complexity index is 744. The summed E-state index contributed by atoms with van der Waals surface area (Å²) in [5.74, 6) is 0. The van der Waals surface area contributed by atoms with E-state index < -0.39 is 10.0 Å². The number of nitrogens with zero attached hydrogens (tertiary/aromatic N) is 3. The second-order valence-electron chi connectivity index (χ2n) is 5.67. The van der Waals surface area contributed by atoms with E-state index in [-0.39, 0.29) is 6.04 Å². The van der Waals surface area contributed by atoms with Crippen molar-refractivity contribution in [3.8, 4) is 11.1 Å². The minimum absolute atomic E-state index is 0.111. The average molecular weight is 320 g/mol. The molecule has 0 radical (unpaired) electrons. The molecule has 0 saturated carbocycles. The van der Waals surface area contributed by atoms with Crippen molar-refractivity contribution >= 4 is 10.0 Å². The maximum Gasteiger partial charge on any atom is 0.243 e. The highest BCUT2D eigenvalue weighted by Crippen LogP contribution is 2.24. The Morgan fingerprint density at radius 2 is 1.77 bits per heavy atom. The van der Waals surface area contributed by atoms with Crippen molar-refractivity contribution in [2.75, 3.05) is 13.1 Å². The molecule has 0 spiro atoms. The maximum absolute atomic E-state index is 12.6. The van der Waals surface area contributed by atoms with Crippen LogP contribution >= 0.6 is 0 Å². The Balaban J connectivity index is 1.82. The molecule has 1 aromatic carbocycles. The Labute approximate surface area is 130 Å². The summed E-state index contributed by atoms with van der Waals surface area (Å²) in [6, 6.07) is 7.07. The molecule has 0 bridgehead atoms. The van der Waals surface area contributed by atoms with E-state index in [1.54, 1.807) is 23.0 Å². The number of aromatic nitrogens is 2. The van der Waals surface area contributed by atoms with E-state index in [1.165, 1.54) is 4.31 Å². The molecule has 2 N–H and O–H groups in total. The van der Waals surface area contributed by atoms with Gasteiger partial charge in [-0.25, -0.2) is 8.42 Å². The zero-order chi connectivity index (χ0) is 15.7. The number of aryl methyl sites for hydroxylation is 1. The molecular formula is C15H20N4O2S. The van der Waals surface area contributed by atoms with Gasteiger partial charge in [0, 0.05) is 37.9 Å². The summed E-state index contributed by atoms with van der Waals surface area (Å²) in [6.07, 6.45) is 5.09. The fourth-order valence-electron chi connectivity index (χ4n) is 2.65. The predicted molar refractivity (Wildman–Crippen MR) is 84.6 cm³/mol. The predicted octanol–water partition coefficient (Wildman–Crippen LogP) is 1.20. The van der Waals surface area contributed by atoms with Crippen molar-refractivity contribution in [1.29, 1.82) is 0 Å². The molecule has 1 aliphatic rings. The second kappa shape index (κ2) is 5.83. The lowest BCUT2D eigenvalue weighted by atomic mass is 10.1. The van der Waals surface area contributed by atoms with E-state index >= 15 is 0 Å². The number of nitrogens with two attached hydrogens (primary N) is 1. The van der Waals surface area contributed by atoms with Gasteiger partial charge in [0.1, 0.15) is 0 Å². The summed E-state index contributed by atoms with van der Waals surface area (Å²) in [5, 5.41) is 4.12. The van der Waals surface area contributed by atoms with Gasteiger partial charge in [-0.2, -0.15) is 9.40 Å². The lowest BCUT2D eigenvalue weighted by Crippen LogP contribution is -2.42. The van der Waals surface area contributed by atoms with Crippen molar-refractivity contribution in [2.45, 2.75) is 23.8 Å². The van der Waals surface area contributed by atoms with Gasteiger partial charge >= 0.3 is 0 Å². The molecular weight excluding hydrogens is 300 g/mol. The van der Waals surface area contributed by atoms with E-state index in [9.17, 15) is 8.42 Å². The van der Waals surface area contributed by atoms with Crippen molar-refractivity contribution in [3.05, 3.63) is 36.7 Å². The summed E-state index contributed by atoms with van der Waals surface area (Å²) in [4.78, 5) is 0.329. The summed E-state index contributed by atoms with van der Waals surface area (Å²) < 4.78 is 28.5. The Morgan fingerprint density at radius 3 is 2.32 bits per heavy atom. The molecule has 1 aromatic heterocycles. The van der Waals surface area contributed by atoms with Crippen LogP contribution in [0.15, 0.2) is 41.6 Å². The van der Waals surface area contributed by atoms with Gasteiger partial charge in [0.25, 0.3) is 0 Å². The Morgan fingerprint density at radius 1 is 1.14 bits per heavy atom. The van der Waals surface area contributed by atoms with Crippen LogP contribution in [0, 0.1) is 0 Å². The van der Waals surface area contributed by atoms with Crippen molar-refractivity contribution in [2.24, 2.45) is 12.8 Å². The zero-order valence-corrected chi connectivity index (χ0v) is 13.3. The van der Waals surface area contributed by atoms with E-state index in [0.717, 1.165) is 11.1 Å². The minimum Gasteiger partial charge on any atom is -0.328 e. The molecule has 7 heteroatoms. The van der Waals surface area contributed by atoms with Crippen LogP contribution in [0.1, 0.15) is 12.8 Å². The monoisotopic (exact) mass is 320 g/mol. The third-order valence-corrected chi connectivity index (χ3v) is 5.94. The van der Waals surface area contributed by atoms with Gasteiger partial charge in [-0.3, -0.25) is 4.68 Å². The van der Waals surface area contributed by atoms with Crippen LogP contribution in [0.5, 0.6) is 0 Å². The molecule has 2 heterocycles. The van der Waals surface area contributed by atoms with E-state index in [4.69, 9.17) is 5.73 Å². The quantitative estimate of drug-likeness (QED) is 0.921. The summed E-state index contributed by atoms with van der Waals surface area (Å²) >= 11 is 0. The highest BCUT2D eigenvalue weighted by Gasteiger charge is 2.28. The van der Waals surface area contributed by atoms with Gasteiger partial charge in [0.05, 0.1) is 11.1 Å². The van der Waals surface area contributed by atoms with E-state index in [2.05, 4.69) is 5.10 Å². The van der Waals surface area contributed by atoms with Gasteiger partial charge in [-0.05, 0) is 30.5 Å². The molecule has 1 aliphatic heterocycles. The summed E-state index contributed by atoms with van der Waals surface area (Å²) in [5.41, 5.74) is 7.76. The highest BCUT2D eigenvalue weighted by atomic mass is 32.2. The zero-order valence-electron chi connectivity index (χ0n) is 12.5. The largest absolute Gasteiger partial charge is 0.328 e. The molecule has 0 amide bonds. The van der Waals surface area contributed by atoms with E-state index in [1.807, 2.05) is 25.4 Å². The second-order valence-corrected chi connectivity index (χ2v) is 7.61. The SMILES string of the molecule is Cn1cc(-c2ccc(S(=O)(=O)N3CCC(N)CC3)cc2)cn1. The lowest BCUT2D eigenvalue weighted by molar-refractivity contribution is 0.320. The molecule has 0 aliphatic carbocycles. The maximum atomic E-state index is 12.6. The number of piperidine rings is 1. The third kappa shape index (κ3) is 2.92. The summed E-state index contributed by atoms with van der Waals surface area (Å²) in [6.45, 7) is 0.988. The molecule has 118 valence electrons. The van der Waals surface area contributed by atoms with Crippen LogP contribution in [0.4, 0.5) is 0 Å². The first kappa shape index (κ1) is 15.2. The molecule has 0 atom stereocenters. The normalized spacial score (nSPS) is 17.7. The molecule has 0 unspecified atom stereocenters. The number of rotatable bonds is 3. The fraction of sp³-hybridized carbons (Fsp3) is 0.400. The topological polar surface area (TPSA) is 81.2 Å². The fourth-order valence-corrected chi connectivity index (χ4v) is 4.12. The highest BCUT2D eigenvalue weighted by molar-refractivity contribution is 7.89. The van der Waals surface area contributed by atoms with Gasteiger partial charge in [0.15, 0.2) is 0 Å². The average Bonchev–Trinajstić information content (AvgIpc) is 2.94. The van der Waals surface area contributed by atoms with Gasteiger partial charge in [-0.1, -0.05) is 12.1 Å². The van der Waals surface area contributed by atoms with Gasteiger partial charge in [0.2, 0.25) is 10.0 Å². The first-order valence-electron chi connectivity index (χ1n) is 7.31. The van der Waals surface area contributed by atoms with Crippen LogP contribution in [-0.4, -0.2) is 41.6 Å². The van der Waals surface area contributed by atoms with Crippen molar-refractivity contribution in [1.82, 2.24) is 14.1 Å². The molecule has 1 fully saturated rings. The Hall–Kier alpha value is -1.70. The smallest absolute Gasteiger partial charge is 0.243 e. The number of hydrogen-bond acceptors (Lipinski definition) is 4. The van der Waals surface area contributed by atoms with Crippen molar-refractivity contribution in [3.63, 3.8) is 0 Å². The summed E-state index contributed by atoms with van der Waals surface area (Å²) in [7, 11) is -1.57. The molecule has 1 saturated heterocycles. The number of sulfonamides is 1. The first-order chi connectivity index (χ1) is 10.5. The molecule has 6 nitrogen and oxygen atoms in total. The number of benzene rings is 1. The van der Waals surface area contributed by atoms with Crippen LogP contribution in [0.2, 0.25) is 0 Å². The van der Waals surface area contributed by atoms with E-state index in [0.29, 0.717) is 30.8 Å². The van der Waals surface area contributed by atoms with Crippen LogP contribution < -0.4 is 5.73 Å². The molecule has 3 rings (SSSR count). The molecule has 2 aromatic rings. The first-order valence-corrected chi connectivity index (χ1v) is 8.75. The standard InChI is InChI=1S/C15H20N4O2S/c1-18-11-13(10-17-18)12-2-4-15(5-3-12)22(20,21)19-8-6-14(16)7-9-19/h2-5,10-11,14H,6-9,16H2,1H3. The Kier molecular flexibility index (Phi) is 4.03. The number of hydrogen-bond donors (Lipinski definition) is 1.